The van der Waals surface area contributed by atoms with Crippen molar-refractivity contribution in [2.45, 2.75) is 135 Å². The van der Waals surface area contributed by atoms with E-state index >= 15 is 0 Å². The summed E-state index contributed by atoms with van der Waals surface area (Å²) in [7, 11) is 0. The van der Waals surface area contributed by atoms with E-state index in [0.717, 1.165) is 57.8 Å². The van der Waals surface area contributed by atoms with E-state index in [4.69, 9.17) is 4.74 Å². The van der Waals surface area contributed by atoms with Crippen molar-refractivity contribution in [3.05, 3.63) is 24.3 Å². The van der Waals surface area contributed by atoms with Gasteiger partial charge >= 0.3 is 5.97 Å². The van der Waals surface area contributed by atoms with E-state index in [2.05, 4.69) is 19.9 Å². The summed E-state index contributed by atoms with van der Waals surface area (Å²) in [4.78, 5) is 24.1. The summed E-state index contributed by atoms with van der Waals surface area (Å²) in [5.41, 5.74) is 0. The molecule has 1 rings (SSSR count). The number of allylic oxidation sites excluding steroid dienone is 2. The molecule has 5 heteroatoms. The van der Waals surface area contributed by atoms with Crippen LogP contribution in [-0.2, 0) is 14.3 Å². The number of carbonyl (C=O) groups excluding carboxylic acids is 2. The molecule has 0 aromatic rings. The SMILES string of the molecule is CCCCCCCCCC(=O)OCCCC/C=C\C[C@H]1C(=O)C[C@@H](O)[C@@H]1/C=C/[C@@H](O)CCCCC. The molecule has 0 bridgehead atoms. The molecule has 0 saturated heterocycles. The number of hydrogen-bond donors (Lipinski definition) is 2. The molecular formula is C30H52O5. The Morgan fingerprint density at radius 1 is 0.971 bits per heavy atom. The van der Waals surface area contributed by atoms with E-state index in [-0.39, 0.29) is 30.0 Å². The van der Waals surface area contributed by atoms with Crippen molar-refractivity contribution in [2.24, 2.45) is 11.8 Å². The van der Waals surface area contributed by atoms with E-state index in [9.17, 15) is 19.8 Å². The van der Waals surface area contributed by atoms with Crippen LogP contribution < -0.4 is 0 Å². The zero-order valence-electron chi connectivity index (χ0n) is 22.5. The van der Waals surface area contributed by atoms with Crippen LogP contribution in [0, 0.1) is 11.8 Å². The number of unbranched alkanes of at least 4 members (excludes halogenated alkanes) is 10. The quantitative estimate of drug-likeness (QED) is 0.104. The largest absolute Gasteiger partial charge is 0.466 e. The Morgan fingerprint density at radius 2 is 1.66 bits per heavy atom. The fraction of sp³-hybridized carbons (Fsp3) is 0.800. The maximum atomic E-state index is 12.3. The number of hydrogen-bond acceptors (Lipinski definition) is 5. The molecule has 0 spiro atoms. The minimum absolute atomic E-state index is 0.0815. The monoisotopic (exact) mass is 492 g/mol. The number of ketones is 1. The summed E-state index contributed by atoms with van der Waals surface area (Å²) in [5, 5.41) is 20.4. The van der Waals surface area contributed by atoms with Crippen LogP contribution in [0.4, 0.5) is 0 Å². The van der Waals surface area contributed by atoms with Gasteiger partial charge in [-0.25, -0.2) is 0 Å². The van der Waals surface area contributed by atoms with Gasteiger partial charge in [0.15, 0.2) is 0 Å². The van der Waals surface area contributed by atoms with Crippen LogP contribution >= 0.6 is 0 Å². The number of rotatable bonds is 21. The smallest absolute Gasteiger partial charge is 0.305 e. The fourth-order valence-corrected chi connectivity index (χ4v) is 4.69. The minimum Gasteiger partial charge on any atom is -0.466 e. The Kier molecular flexibility index (Phi) is 18.7. The lowest BCUT2D eigenvalue weighted by atomic mass is 9.90. The number of ether oxygens (including phenoxy) is 1. The van der Waals surface area contributed by atoms with Crippen LogP contribution in [0.15, 0.2) is 24.3 Å². The zero-order valence-corrected chi connectivity index (χ0v) is 22.5. The molecule has 1 saturated carbocycles. The number of aliphatic hydroxyl groups is 2. The first-order valence-corrected chi connectivity index (χ1v) is 14.4. The molecule has 0 unspecified atom stereocenters. The second kappa shape index (κ2) is 20.7. The number of carbonyl (C=O) groups is 2. The molecule has 1 aliphatic rings. The number of Topliss-reactive ketones (excluding diaryl/α,β-unsaturated/α-hetero) is 1. The van der Waals surface area contributed by atoms with Crippen LogP contribution in [0.25, 0.3) is 0 Å². The number of esters is 1. The predicted molar refractivity (Wildman–Crippen MR) is 143 cm³/mol. The van der Waals surface area contributed by atoms with Gasteiger partial charge in [0, 0.05) is 24.7 Å². The highest BCUT2D eigenvalue weighted by Crippen LogP contribution is 2.33. The molecule has 35 heavy (non-hydrogen) atoms. The maximum absolute atomic E-state index is 12.3. The van der Waals surface area contributed by atoms with E-state index in [1.54, 1.807) is 6.08 Å². The molecule has 0 amide bonds. The fourth-order valence-electron chi connectivity index (χ4n) is 4.69. The second-order valence-corrected chi connectivity index (χ2v) is 10.2. The molecule has 0 radical (unpaired) electrons. The van der Waals surface area contributed by atoms with Gasteiger partial charge in [0.1, 0.15) is 5.78 Å². The van der Waals surface area contributed by atoms with Crippen molar-refractivity contribution in [3.8, 4) is 0 Å². The summed E-state index contributed by atoms with van der Waals surface area (Å²) in [5.74, 6) is -0.413. The highest BCUT2D eigenvalue weighted by Gasteiger charge is 2.39. The highest BCUT2D eigenvalue weighted by molar-refractivity contribution is 5.84. The van der Waals surface area contributed by atoms with E-state index < -0.39 is 12.2 Å². The van der Waals surface area contributed by atoms with Crippen LogP contribution in [-0.4, -0.2) is 40.8 Å². The van der Waals surface area contributed by atoms with Gasteiger partial charge < -0.3 is 14.9 Å². The van der Waals surface area contributed by atoms with Crippen molar-refractivity contribution in [1.82, 2.24) is 0 Å². The average molecular weight is 493 g/mol. The molecule has 202 valence electrons. The third kappa shape index (κ3) is 15.3. The second-order valence-electron chi connectivity index (χ2n) is 10.2. The van der Waals surface area contributed by atoms with E-state index in [1.165, 1.54) is 32.1 Å². The van der Waals surface area contributed by atoms with Crippen molar-refractivity contribution >= 4 is 11.8 Å². The van der Waals surface area contributed by atoms with Gasteiger partial charge in [0.2, 0.25) is 0 Å². The average Bonchev–Trinajstić information content (AvgIpc) is 3.10. The van der Waals surface area contributed by atoms with Crippen molar-refractivity contribution < 1.29 is 24.5 Å². The van der Waals surface area contributed by atoms with Crippen molar-refractivity contribution in [1.29, 1.82) is 0 Å². The Labute approximate surface area is 214 Å². The van der Waals surface area contributed by atoms with Crippen molar-refractivity contribution in [2.75, 3.05) is 6.61 Å². The van der Waals surface area contributed by atoms with Gasteiger partial charge in [-0.05, 0) is 38.5 Å². The summed E-state index contributed by atoms with van der Waals surface area (Å²) >= 11 is 0. The van der Waals surface area contributed by atoms with Gasteiger partial charge in [-0.15, -0.1) is 0 Å². The summed E-state index contributed by atoms with van der Waals surface area (Å²) in [6, 6.07) is 0. The summed E-state index contributed by atoms with van der Waals surface area (Å²) in [6.07, 6.45) is 22.9. The first-order valence-electron chi connectivity index (χ1n) is 14.4. The molecule has 0 aliphatic heterocycles. The molecular weight excluding hydrogens is 440 g/mol. The predicted octanol–water partition coefficient (Wildman–Crippen LogP) is 6.85. The van der Waals surface area contributed by atoms with Crippen molar-refractivity contribution in [3.63, 3.8) is 0 Å². The molecule has 0 aromatic heterocycles. The molecule has 1 fully saturated rings. The third-order valence-electron chi connectivity index (χ3n) is 6.96. The Balaban J connectivity index is 2.16. The molecule has 4 atom stereocenters. The molecule has 5 nitrogen and oxygen atoms in total. The Hall–Kier alpha value is -1.46. The highest BCUT2D eigenvalue weighted by atomic mass is 16.5. The summed E-state index contributed by atoms with van der Waals surface area (Å²) in [6.45, 7) is 4.83. The van der Waals surface area contributed by atoms with E-state index in [0.29, 0.717) is 19.4 Å². The Morgan fingerprint density at radius 3 is 2.40 bits per heavy atom. The molecule has 0 heterocycles. The van der Waals surface area contributed by atoms with Crippen LogP contribution in [0.3, 0.4) is 0 Å². The van der Waals surface area contributed by atoms with Crippen LogP contribution in [0.1, 0.15) is 123 Å². The summed E-state index contributed by atoms with van der Waals surface area (Å²) < 4.78 is 5.33. The third-order valence-corrected chi connectivity index (χ3v) is 6.96. The van der Waals surface area contributed by atoms with Gasteiger partial charge in [0.05, 0.1) is 18.8 Å². The van der Waals surface area contributed by atoms with Crippen LogP contribution in [0.5, 0.6) is 0 Å². The first-order chi connectivity index (χ1) is 17.0. The first kappa shape index (κ1) is 31.6. The minimum atomic E-state index is -0.657. The Bertz CT molecular complexity index is 612. The van der Waals surface area contributed by atoms with Gasteiger partial charge in [-0.3, -0.25) is 9.59 Å². The van der Waals surface area contributed by atoms with Crippen LogP contribution in [0.2, 0.25) is 0 Å². The van der Waals surface area contributed by atoms with Gasteiger partial charge in [0.25, 0.3) is 0 Å². The topological polar surface area (TPSA) is 83.8 Å². The van der Waals surface area contributed by atoms with E-state index in [1.807, 2.05) is 12.2 Å². The molecule has 1 aliphatic carbocycles. The zero-order chi connectivity index (χ0) is 25.7. The van der Waals surface area contributed by atoms with Gasteiger partial charge in [-0.2, -0.15) is 0 Å². The maximum Gasteiger partial charge on any atom is 0.305 e. The normalized spacial score (nSPS) is 21.4. The standard InChI is InChI=1S/C30H52O5/c1-3-5-7-8-9-12-16-20-30(34)35-23-17-13-10-11-15-19-26-27(29(33)24-28(26)32)22-21-25(31)18-14-6-4-2/h11,15,21-22,25-27,29,31,33H,3-10,12-14,16-20,23-24H2,1-2H3/b15-11-,22-21+/t25-,26+,27+,29+/m0/s1. The van der Waals surface area contributed by atoms with Gasteiger partial charge in [-0.1, -0.05) is 95.9 Å². The molecule has 2 N–H and O–H groups in total. The number of aliphatic hydroxyl groups excluding tert-OH is 2. The lowest BCUT2D eigenvalue weighted by Gasteiger charge is -2.16. The molecule has 0 aromatic carbocycles. The lowest BCUT2D eigenvalue weighted by molar-refractivity contribution is -0.143. The lowest BCUT2D eigenvalue weighted by Crippen LogP contribution is -2.18.